The van der Waals surface area contributed by atoms with Gasteiger partial charge in [0.05, 0.1) is 6.04 Å². The third kappa shape index (κ3) is 7.37. The number of hydrogen-bond donors (Lipinski definition) is 1. The van der Waals surface area contributed by atoms with Crippen LogP contribution in [0, 0.1) is 17.2 Å². The zero-order valence-corrected chi connectivity index (χ0v) is 23.5. The number of amides is 1. The molecule has 3 saturated heterocycles. The van der Waals surface area contributed by atoms with E-state index in [4.69, 9.17) is 12.6 Å². The van der Waals surface area contributed by atoms with Crippen LogP contribution in [-0.4, -0.2) is 111 Å². The minimum Gasteiger partial charge on any atom is -0.381 e. The van der Waals surface area contributed by atoms with Gasteiger partial charge in [0.25, 0.3) is 5.91 Å². The summed E-state index contributed by atoms with van der Waals surface area (Å²) in [5, 5.41) is 11.0. The average molecular weight is 542 g/mol. The van der Waals surface area contributed by atoms with Crippen molar-refractivity contribution in [3.63, 3.8) is 0 Å². The molecule has 1 aromatic carbocycles. The molecular weight excluding hydrogens is 503 g/mol. The maximum absolute atomic E-state index is 13.3. The Hall–Kier alpha value is -3.04. The summed E-state index contributed by atoms with van der Waals surface area (Å²) in [5.74, 6) is 0.918. The van der Waals surface area contributed by atoms with E-state index in [9.17, 15) is 10.1 Å². The molecule has 0 unspecified atom stereocenters. The fourth-order valence-corrected chi connectivity index (χ4v) is 5.82. The summed E-state index contributed by atoms with van der Waals surface area (Å²) in [6.45, 7) is 10.1. The fraction of sp³-hybridized carbons (Fsp3) is 0.586. The van der Waals surface area contributed by atoms with Gasteiger partial charge in [0.15, 0.2) is 0 Å². The molecule has 10 nitrogen and oxygen atoms in total. The van der Waals surface area contributed by atoms with Crippen LogP contribution in [0.25, 0.3) is 0 Å². The molecule has 5 rings (SSSR count). The molecule has 0 atom stereocenters. The van der Waals surface area contributed by atoms with E-state index >= 15 is 0 Å². The van der Waals surface area contributed by atoms with Gasteiger partial charge in [-0.3, -0.25) is 20.1 Å². The van der Waals surface area contributed by atoms with Crippen molar-refractivity contribution in [3.8, 4) is 6.07 Å². The highest BCUT2D eigenvalue weighted by molar-refractivity contribution is 6.35. The number of ether oxygens (including phenoxy) is 1. The van der Waals surface area contributed by atoms with Gasteiger partial charge in [0.2, 0.25) is 5.82 Å². The second kappa shape index (κ2) is 13.5. The molecule has 3 fully saturated rings. The molecule has 1 aromatic heterocycles. The molecule has 0 aliphatic carbocycles. The molecular formula is C29H39BN8O2. The predicted octanol–water partition coefficient (Wildman–Crippen LogP) is 0.932. The molecule has 1 N–H and O–H groups in total. The zero-order chi connectivity index (χ0) is 27.9. The van der Waals surface area contributed by atoms with Crippen LogP contribution in [0.1, 0.15) is 47.4 Å². The van der Waals surface area contributed by atoms with Gasteiger partial charge >= 0.3 is 0 Å². The number of anilines is 1. The summed E-state index contributed by atoms with van der Waals surface area (Å²) in [5.41, 5.74) is 5.04. The smallest absolute Gasteiger partial charge is 0.269 e. The number of piperidine rings is 1. The van der Waals surface area contributed by atoms with E-state index in [1.807, 2.05) is 30.3 Å². The van der Waals surface area contributed by atoms with Crippen molar-refractivity contribution >= 4 is 25.0 Å². The van der Waals surface area contributed by atoms with Crippen molar-refractivity contribution < 1.29 is 9.53 Å². The molecule has 2 radical (unpaired) electrons. The fourth-order valence-electron chi connectivity index (χ4n) is 5.82. The monoisotopic (exact) mass is 542 g/mol. The lowest BCUT2D eigenvalue weighted by Gasteiger charge is -2.38. The van der Waals surface area contributed by atoms with E-state index in [0.29, 0.717) is 42.9 Å². The highest BCUT2D eigenvalue weighted by Gasteiger charge is 2.27. The van der Waals surface area contributed by atoms with Crippen molar-refractivity contribution in [2.45, 2.75) is 38.3 Å². The van der Waals surface area contributed by atoms with Gasteiger partial charge in [-0.2, -0.15) is 5.26 Å². The van der Waals surface area contributed by atoms with Crippen LogP contribution in [0.4, 0.5) is 5.82 Å². The molecule has 0 saturated carbocycles. The van der Waals surface area contributed by atoms with Crippen LogP contribution in [0.15, 0.2) is 30.5 Å². The number of aromatic nitrogens is 2. The number of nitrogens with zero attached hydrogens (tertiary/aromatic N) is 7. The van der Waals surface area contributed by atoms with Crippen LogP contribution in [0.3, 0.4) is 0 Å². The Morgan fingerprint density at radius 3 is 2.42 bits per heavy atom. The first-order valence-electron chi connectivity index (χ1n) is 14.4. The number of nitriles is 1. The summed E-state index contributed by atoms with van der Waals surface area (Å²) >= 11 is 0. The van der Waals surface area contributed by atoms with Crippen molar-refractivity contribution in [1.29, 1.82) is 5.26 Å². The Bertz CT molecular complexity index is 1170. The van der Waals surface area contributed by atoms with Gasteiger partial charge in [-0.25, -0.2) is 9.97 Å². The third-order valence-corrected chi connectivity index (χ3v) is 8.34. The number of hydrogen-bond acceptors (Lipinski definition) is 9. The van der Waals surface area contributed by atoms with Gasteiger partial charge < -0.3 is 14.5 Å². The van der Waals surface area contributed by atoms with E-state index in [2.05, 4.69) is 37.1 Å². The number of rotatable bonds is 8. The van der Waals surface area contributed by atoms with Crippen molar-refractivity contribution in [3.05, 3.63) is 47.4 Å². The van der Waals surface area contributed by atoms with E-state index in [1.165, 1.54) is 44.2 Å². The van der Waals surface area contributed by atoms with E-state index in [1.54, 1.807) is 5.01 Å². The predicted molar refractivity (Wildman–Crippen MR) is 154 cm³/mol. The topological polar surface area (TPSA) is 101 Å². The number of nitrogens with one attached hydrogen (secondary N) is 1. The normalized spacial score (nSPS) is 20.2. The SMILES string of the molecule is [B]c1cnc(C#N)nc1N(NC(=O)c1ccc(CN2CCN(CC3CCN(C)CC3)CC2)cc1)C1CCOCC1. The van der Waals surface area contributed by atoms with E-state index in [-0.39, 0.29) is 17.8 Å². The summed E-state index contributed by atoms with van der Waals surface area (Å²) in [4.78, 5) is 29.1. The molecule has 3 aliphatic rings. The number of carbonyl (C=O) groups excluding carboxylic acids is 1. The zero-order valence-electron chi connectivity index (χ0n) is 23.5. The summed E-state index contributed by atoms with van der Waals surface area (Å²) in [7, 11) is 8.39. The number of carbonyl (C=O) groups is 1. The van der Waals surface area contributed by atoms with Gasteiger partial charge in [-0.1, -0.05) is 12.1 Å². The van der Waals surface area contributed by atoms with Crippen LogP contribution in [-0.2, 0) is 11.3 Å². The second-order valence-electron chi connectivity index (χ2n) is 11.3. The Balaban J connectivity index is 1.16. The van der Waals surface area contributed by atoms with Crippen LogP contribution < -0.4 is 15.9 Å². The number of benzene rings is 1. The minimum absolute atomic E-state index is 0.00233. The molecule has 3 aliphatic heterocycles. The lowest BCUT2D eigenvalue weighted by molar-refractivity contribution is 0.0775. The molecule has 210 valence electrons. The average Bonchev–Trinajstić information content (AvgIpc) is 2.99. The van der Waals surface area contributed by atoms with Crippen molar-refractivity contribution in [1.82, 2.24) is 30.1 Å². The molecule has 40 heavy (non-hydrogen) atoms. The molecule has 4 heterocycles. The Morgan fingerprint density at radius 1 is 1.07 bits per heavy atom. The molecule has 1 amide bonds. The maximum Gasteiger partial charge on any atom is 0.269 e. The lowest BCUT2D eigenvalue weighted by Crippen LogP contribution is -2.53. The van der Waals surface area contributed by atoms with Gasteiger partial charge in [-0.05, 0) is 74.9 Å². The number of likely N-dealkylation sites (tertiary alicyclic amines) is 1. The van der Waals surface area contributed by atoms with Crippen LogP contribution in [0.2, 0.25) is 0 Å². The highest BCUT2D eigenvalue weighted by atomic mass is 16.5. The molecule has 2 aromatic rings. The summed E-state index contributed by atoms with van der Waals surface area (Å²) in [6.07, 6.45) is 5.45. The first-order valence-corrected chi connectivity index (χ1v) is 14.4. The van der Waals surface area contributed by atoms with E-state index in [0.717, 1.165) is 38.6 Å². The number of piperazine rings is 1. The minimum atomic E-state index is -0.253. The summed E-state index contributed by atoms with van der Waals surface area (Å²) in [6, 6.07) is 9.70. The Labute approximate surface area is 238 Å². The van der Waals surface area contributed by atoms with E-state index < -0.39 is 0 Å². The third-order valence-electron chi connectivity index (χ3n) is 8.34. The molecule has 0 spiro atoms. The first kappa shape index (κ1) is 28.5. The first-order chi connectivity index (χ1) is 19.5. The summed E-state index contributed by atoms with van der Waals surface area (Å²) < 4.78 is 5.51. The van der Waals surface area contributed by atoms with Gasteiger partial charge in [0.1, 0.15) is 19.7 Å². The van der Waals surface area contributed by atoms with Gasteiger partial charge in [-0.15, -0.1) is 0 Å². The quantitative estimate of drug-likeness (QED) is 0.386. The van der Waals surface area contributed by atoms with Crippen molar-refractivity contribution in [2.24, 2.45) is 5.92 Å². The molecule has 11 heteroatoms. The second-order valence-corrected chi connectivity index (χ2v) is 11.3. The van der Waals surface area contributed by atoms with Gasteiger partial charge in [0, 0.05) is 64.2 Å². The van der Waals surface area contributed by atoms with Crippen LogP contribution >= 0.6 is 0 Å². The highest BCUT2D eigenvalue weighted by Crippen LogP contribution is 2.20. The maximum atomic E-state index is 13.3. The molecule has 0 bridgehead atoms. The Kier molecular flexibility index (Phi) is 9.65. The van der Waals surface area contributed by atoms with Crippen molar-refractivity contribution in [2.75, 3.05) is 71.1 Å². The largest absolute Gasteiger partial charge is 0.381 e. The number of hydrazine groups is 1. The standard InChI is InChI=1S/C29H39BN8O2/c1-35-10-6-23(7-11-35)21-37-14-12-36(13-15-37)20-22-2-4-24(5-3-22)29(39)34-38(25-8-16-40-17-9-25)28-26(30)19-32-27(18-31)33-28/h2-5,19,23,25H,6-17,20-21H2,1H3,(H,34,39). The Morgan fingerprint density at radius 2 is 1.75 bits per heavy atom. The van der Waals surface area contributed by atoms with Crippen LogP contribution in [0.5, 0.6) is 0 Å². The lowest BCUT2D eigenvalue weighted by atomic mass is 9.96.